The van der Waals surface area contributed by atoms with Gasteiger partial charge in [0, 0.05) is 45.0 Å². The molecule has 34 heavy (non-hydrogen) atoms. The summed E-state index contributed by atoms with van der Waals surface area (Å²) in [5.41, 5.74) is 4.06. The summed E-state index contributed by atoms with van der Waals surface area (Å²) in [6, 6.07) is 11.4. The minimum atomic E-state index is -0.761. The van der Waals surface area contributed by atoms with Crippen molar-refractivity contribution in [3.8, 4) is 11.5 Å². The normalized spacial score (nSPS) is 16.5. The largest absolute Gasteiger partial charge is 0.497 e. The lowest BCUT2D eigenvalue weighted by Gasteiger charge is -2.35. The van der Waals surface area contributed by atoms with Crippen molar-refractivity contribution in [1.29, 1.82) is 0 Å². The second kappa shape index (κ2) is 10.8. The Morgan fingerprint density at radius 2 is 1.82 bits per heavy atom. The average Bonchev–Trinajstić information content (AvgIpc) is 3.24. The number of benzene rings is 2. The number of nitrogens with one attached hydrogen (secondary N) is 2. The van der Waals surface area contributed by atoms with Crippen molar-refractivity contribution in [3.05, 3.63) is 47.5 Å². The first kappa shape index (κ1) is 23.8. The van der Waals surface area contributed by atoms with Crippen molar-refractivity contribution < 1.29 is 23.8 Å². The molecule has 0 unspecified atom stereocenters. The van der Waals surface area contributed by atoms with Crippen LogP contribution in [0, 0.1) is 0 Å². The third-order valence-corrected chi connectivity index (χ3v) is 6.42. The first-order chi connectivity index (χ1) is 16.5. The quantitative estimate of drug-likeness (QED) is 0.599. The molecule has 2 amide bonds. The highest BCUT2D eigenvalue weighted by Crippen LogP contribution is 2.32. The number of rotatable bonds is 7. The Kier molecular flexibility index (Phi) is 7.54. The molecule has 182 valence electrons. The smallest absolute Gasteiger partial charge is 0.313 e. The molecule has 2 N–H and O–H groups in total. The van der Waals surface area contributed by atoms with E-state index in [0.29, 0.717) is 36.9 Å². The van der Waals surface area contributed by atoms with Gasteiger partial charge >= 0.3 is 11.8 Å². The predicted molar refractivity (Wildman–Crippen MR) is 130 cm³/mol. The molecule has 4 rings (SSSR count). The van der Waals surface area contributed by atoms with E-state index in [1.54, 1.807) is 18.2 Å². The van der Waals surface area contributed by atoms with Crippen LogP contribution in [0.5, 0.6) is 11.5 Å². The number of anilines is 2. The van der Waals surface area contributed by atoms with E-state index in [-0.39, 0.29) is 6.04 Å². The Balaban J connectivity index is 1.46. The zero-order valence-corrected chi connectivity index (χ0v) is 19.9. The summed E-state index contributed by atoms with van der Waals surface area (Å²) < 4.78 is 16.0. The lowest BCUT2D eigenvalue weighted by atomic mass is 10.0. The molecule has 2 aromatic rings. The Morgan fingerprint density at radius 1 is 1.03 bits per heavy atom. The highest BCUT2D eigenvalue weighted by atomic mass is 16.5. The summed E-state index contributed by atoms with van der Waals surface area (Å²) in [4.78, 5) is 29.9. The number of hydrogen-bond donors (Lipinski definition) is 2. The molecule has 1 atom stereocenters. The third kappa shape index (κ3) is 5.26. The zero-order chi connectivity index (χ0) is 24.1. The van der Waals surface area contributed by atoms with Gasteiger partial charge in [0.25, 0.3) is 0 Å². The number of ether oxygens (including phenoxy) is 3. The average molecular weight is 469 g/mol. The van der Waals surface area contributed by atoms with Gasteiger partial charge in [-0.2, -0.15) is 0 Å². The highest BCUT2D eigenvalue weighted by molar-refractivity contribution is 6.39. The summed E-state index contributed by atoms with van der Waals surface area (Å²) in [5, 5.41) is 5.45. The van der Waals surface area contributed by atoms with Gasteiger partial charge < -0.3 is 29.7 Å². The van der Waals surface area contributed by atoms with Crippen LogP contribution in [0.1, 0.15) is 17.2 Å². The minimum absolute atomic E-state index is 0.0526. The van der Waals surface area contributed by atoms with Crippen LogP contribution < -0.4 is 25.0 Å². The summed E-state index contributed by atoms with van der Waals surface area (Å²) in [7, 11) is 5.13. The molecule has 1 saturated heterocycles. The van der Waals surface area contributed by atoms with Gasteiger partial charge in [0.2, 0.25) is 0 Å². The van der Waals surface area contributed by atoms with Crippen LogP contribution in [0.15, 0.2) is 36.4 Å². The van der Waals surface area contributed by atoms with Gasteiger partial charge in [-0.3, -0.25) is 14.5 Å². The number of carbonyl (C=O) groups excluding carboxylic acids is 2. The summed E-state index contributed by atoms with van der Waals surface area (Å²) in [5.74, 6) is -0.478. The van der Waals surface area contributed by atoms with Crippen molar-refractivity contribution in [1.82, 2.24) is 10.2 Å². The molecular formula is C25H32N4O5. The van der Waals surface area contributed by atoms with Gasteiger partial charge in [-0.25, -0.2) is 0 Å². The molecule has 9 heteroatoms. The Hall–Kier alpha value is -3.30. The zero-order valence-electron chi connectivity index (χ0n) is 19.9. The Bertz CT molecular complexity index is 1040. The molecular weight excluding hydrogens is 436 g/mol. The molecule has 0 bridgehead atoms. The monoisotopic (exact) mass is 468 g/mol. The minimum Gasteiger partial charge on any atom is -0.497 e. The summed E-state index contributed by atoms with van der Waals surface area (Å²) in [6.45, 7) is 4.15. The number of morpholine rings is 1. The molecule has 2 aliphatic heterocycles. The molecule has 0 aliphatic carbocycles. The molecule has 2 heterocycles. The van der Waals surface area contributed by atoms with Crippen LogP contribution in [0.3, 0.4) is 0 Å². The number of nitrogens with zero attached hydrogens (tertiary/aromatic N) is 2. The first-order valence-electron chi connectivity index (χ1n) is 11.5. The van der Waals surface area contributed by atoms with Crippen LogP contribution in [-0.4, -0.2) is 77.4 Å². The van der Waals surface area contributed by atoms with Crippen LogP contribution in [0.4, 0.5) is 11.4 Å². The second-order valence-electron chi connectivity index (χ2n) is 8.45. The van der Waals surface area contributed by atoms with Crippen LogP contribution in [0.2, 0.25) is 0 Å². The van der Waals surface area contributed by atoms with E-state index >= 15 is 0 Å². The summed E-state index contributed by atoms with van der Waals surface area (Å²) >= 11 is 0. The number of amides is 2. The lowest BCUT2D eigenvalue weighted by Crippen LogP contribution is -2.45. The number of likely N-dealkylation sites (N-methyl/N-ethyl adjacent to an activating group) is 1. The fourth-order valence-corrected chi connectivity index (χ4v) is 4.50. The molecule has 0 radical (unpaired) electrons. The van der Waals surface area contributed by atoms with Crippen molar-refractivity contribution in [2.75, 3.05) is 70.9 Å². The van der Waals surface area contributed by atoms with E-state index in [4.69, 9.17) is 14.2 Å². The fraction of sp³-hybridized carbons (Fsp3) is 0.440. The van der Waals surface area contributed by atoms with Gasteiger partial charge in [-0.1, -0.05) is 12.1 Å². The molecule has 2 aromatic carbocycles. The van der Waals surface area contributed by atoms with E-state index in [1.807, 2.05) is 0 Å². The maximum absolute atomic E-state index is 12.7. The van der Waals surface area contributed by atoms with Crippen molar-refractivity contribution in [2.45, 2.75) is 12.5 Å². The van der Waals surface area contributed by atoms with E-state index in [2.05, 4.69) is 45.7 Å². The molecule has 2 aliphatic rings. The topological polar surface area (TPSA) is 92.4 Å². The predicted octanol–water partition coefficient (Wildman–Crippen LogP) is 1.82. The van der Waals surface area contributed by atoms with Gasteiger partial charge in [0.05, 0.1) is 39.2 Å². The number of hydrogen-bond acceptors (Lipinski definition) is 7. The van der Waals surface area contributed by atoms with E-state index in [9.17, 15) is 9.59 Å². The van der Waals surface area contributed by atoms with E-state index < -0.39 is 11.8 Å². The number of methoxy groups -OCH3 is 2. The van der Waals surface area contributed by atoms with Gasteiger partial charge in [-0.05, 0) is 35.7 Å². The number of carbonyl (C=O) groups is 2. The van der Waals surface area contributed by atoms with E-state index in [1.165, 1.54) is 25.5 Å². The standard InChI is InChI=1S/C25H32N4O5/c1-28-9-8-18-14-17(4-6-21(18)28)22(29-10-12-34-13-11-29)16-26-24(30)25(31)27-20-15-19(32-2)5-7-23(20)33-3/h4-7,14-15,22H,8-13,16H2,1-3H3,(H,26,30)(H,27,31)/t22-/m1/s1. The fourth-order valence-electron chi connectivity index (χ4n) is 4.50. The maximum atomic E-state index is 12.7. The van der Waals surface area contributed by atoms with E-state index in [0.717, 1.165) is 31.6 Å². The van der Waals surface area contributed by atoms with Crippen LogP contribution in [0.25, 0.3) is 0 Å². The van der Waals surface area contributed by atoms with Crippen molar-refractivity contribution >= 4 is 23.2 Å². The Labute approximate surface area is 200 Å². The first-order valence-corrected chi connectivity index (χ1v) is 11.5. The molecule has 0 aromatic heterocycles. The molecule has 1 fully saturated rings. The lowest BCUT2D eigenvalue weighted by molar-refractivity contribution is -0.136. The number of fused-ring (bicyclic) bond motifs is 1. The van der Waals surface area contributed by atoms with Crippen LogP contribution in [-0.2, 0) is 20.7 Å². The van der Waals surface area contributed by atoms with Gasteiger partial charge in [-0.15, -0.1) is 0 Å². The van der Waals surface area contributed by atoms with Crippen LogP contribution >= 0.6 is 0 Å². The van der Waals surface area contributed by atoms with Gasteiger partial charge in [0.15, 0.2) is 0 Å². The Morgan fingerprint density at radius 3 is 2.56 bits per heavy atom. The summed E-state index contributed by atoms with van der Waals surface area (Å²) in [6.07, 6.45) is 1.01. The van der Waals surface area contributed by atoms with Gasteiger partial charge in [0.1, 0.15) is 11.5 Å². The molecule has 0 spiro atoms. The molecule has 0 saturated carbocycles. The maximum Gasteiger partial charge on any atom is 0.313 e. The van der Waals surface area contributed by atoms with Crippen molar-refractivity contribution in [2.24, 2.45) is 0 Å². The molecule has 9 nitrogen and oxygen atoms in total. The van der Waals surface area contributed by atoms with Crippen molar-refractivity contribution in [3.63, 3.8) is 0 Å². The third-order valence-electron chi connectivity index (χ3n) is 6.42. The second-order valence-corrected chi connectivity index (χ2v) is 8.45. The SMILES string of the molecule is COc1ccc(OC)c(NC(=O)C(=O)NC[C@H](c2ccc3c(c2)CCN3C)N2CCOCC2)c1. The highest BCUT2D eigenvalue weighted by Gasteiger charge is 2.26.